The number of esters is 1. The zero-order chi connectivity index (χ0) is 18.8. The minimum absolute atomic E-state index is 0.0142. The van der Waals surface area contributed by atoms with Gasteiger partial charge in [0.1, 0.15) is 0 Å². The topological polar surface area (TPSA) is 130 Å². The van der Waals surface area contributed by atoms with Gasteiger partial charge in [-0.3, -0.25) is 14.9 Å². The number of primary amides is 1. The zero-order valence-corrected chi connectivity index (χ0v) is 13.7. The molecule has 2 N–H and O–H groups in total. The van der Waals surface area contributed by atoms with Crippen LogP contribution in [0.1, 0.15) is 27.6 Å². The first kappa shape index (κ1) is 17.1. The molecule has 1 aromatic carbocycles. The van der Waals surface area contributed by atoms with E-state index in [2.05, 4.69) is 5.10 Å². The molecule has 3 rings (SSSR count). The van der Waals surface area contributed by atoms with Crippen LogP contribution in [0.2, 0.25) is 0 Å². The Morgan fingerprint density at radius 2 is 2.08 bits per heavy atom. The lowest BCUT2D eigenvalue weighted by Crippen LogP contribution is -2.14. The van der Waals surface area contributed by atoms with Gasteiger partial charge in [0, 0.05) is 17.8 Å². The van der Waals surface area contributed by atoms with Gasteiger partial charge in [0.15, 0.2) is 0 Å². The van der Waals surface area contributed by atoms with E-state index in [1.165, 1.54) is 41.2 Å². The first-order valence-corrected chi connectivity index (χ1v) is 7.66. The monoisotopic (exact) mass is 354 g/mol. The summed E-state index contributed by atoms with van der Waals surface area (Å²) in [5.74, 6) is -1.35. The predicted molar refractivity (Wildman–Crippen MR) is 91.8 cm³/mol. The van der Waals surface area contributed by atoms with Crippen molar-refractivity contribution in [1.82, 2.24) is 9.61 Å². The average molecular weight is 354 g/mol. The Bertz CT molecular complexity index is 1040. The van der Waals surface area contributed by atoms with Crippen LogP contribution < -0.4 is 5.73 Å². The van der Waals surface area contributed by atoms with Gasteiger partial charge in [0.25, 0.3) is 11.6 Å². The van der Waals surface area contributed by atoms with Crippen molar-refractivity contribution >= 4 is 23.1 Å². The second-order valence-electron chi connectivity index (χ2n) is 5.35. The van der Waals surface area contributed by atoms with Crippen LogP contribution in [0.15, 0.2) is 42.7 Å². The predicted octanol–water partition coefficient (Wildman–Crippen LogP) is 2.19. The molecule has 0 saturated heterocycles. The van der Waals surface area contributed by atoms with Gasteiger partial charge < -0.3 is 10.5 Å². The van der Waals surface area contributed by atoms with E-state index in [9.17, 15) is 19.7 Å². The third-order valence-corrected chi connectivity index (χ3v) is 3.78. The highest BCUT2D eigenvalue weighted by atomic mass is 16.6. The van der Waals surface area contributed by atoms with Crippen LogP contribution in [0, 0.1) is 10.1 Å². The number of benzene rings is 1. The molecule has 2 heterocycles. The number of nitro benzene ring substituents is 1. The fraction of sp³-hybridized carbons (Fsp3) is 0.118. The van der Waals surface area contributed by atoms with E-state index >= 15 is 0 Å². The Hall–Kier alpha value is -3.75. The number of para-hydroxylation sites is 1. The molecule has 1 amide bonds. The van der Waals surface area contributed by atoms with Gasteiger partial charge in [-0.05, 0) is 19.1 Å². The Morgan fingerprint density at radius 3 is 2.73 bits per heavy atom. The lowest BCUT2D eigenvalue weighted by atomic mass is 9.98. The molecule has 132 valence electrons. The number of amides is 1. The first-order valence-electron chi connectivity index (χ1n) is 7.66. The molecule has 0 atom stereocenters. The van der Waals surface area contributed by atoms with Crippen molar-refractivity contribution in [2.45, 2.75) is 6.92 Å². The maximum absolute atomic E-state index is 12.0. The first-order chi connectivity index (χ1) is 12.4. The minimum atomic E-state index is -0.785. The summed E-state index contributed by atoms with van der Waals surface area (Å²) in [4.78, 5) is 34.7. The third-order valence-electron chi connectivity index (χ3n) is 3.78. The van der Waals surface area contributed by atoms with Gasteiger partial charge in [-0.2, -0.15) is 5.10 Å². The van der Waals surface area contributed by atoms with Crippen LogP contribution >= 0.6 is 0 Å². The maximum Gasteiger partial charge on any atom is 0.339 e. The van der Waals surface area contributed by atoms with Gasteiger partial charge in [-0.25, -0.2) is 9.31 Å². The number of nitrogens with zero attached hydrogens (tertiary/aromatic N) is 3. The summed E-state index contributed by atoms with van der Waals surface area (Å²) >= 11 is 0. The molecule has 26 heavy (non-hydrogen) atoms. The van der Waals surface area contributed by atoms with Crippen LogP contribution in [-0.4, -0.2) is 33.0 Å². The molecule has 0 spiro atoms. The number of carbonyl (C=O) groups is 2. The van der Waals surface area contributed by atoms with E-state index in [-0.39, 0.29) is 34.5 Å². The molecule has 0 aliphatic rings. The number of hydrogen-bond donors (Lipinski definition) is 1. The summed E-state index contributed by atoms with van der Waals surface area (Å²) in [7, 11) is 0. The fourth-order valence-electron chi connectivity index (χ4n) is 2.70. The molecule has 9 nitrogen and oxygen atoms in total. The Balaban J connectivity index is 2.35. The van der Waals surface area contributed by atoms with Crippen molar-refractivity contribution in [2.75, 3.05) is 6.61 Å². The number of aromatic nitrogens is 2. The van der Waals surface area contributed by atoms with Crippen molar-refractivity contribution in [2.24, 2.45) is 5.73 Å². The molecule has 0 unspecified atom stereocenters. The van der Waals surface area contributed by atoms with Crippen LogP contribution in [-0.2, 0) is 4.74 Å². The second kappa shape index (κ2) is 6.63. The van der Waals surface area contributed by atoms with Crippen LogP contribution in [0.3, 0.4) is 0 Å². The molecule has 0 aliphatic heterocycles. The van der Waals surface area contributed by atoms with E-state index in [1.54, 1.807) is 13.0 Å². The second-order valence-corrected chi connectivity index (χ2v) is 5.35. The standard InChI is InChI=1S/C17H14N4O5/c1-2-26-17(23)10-7-14-15(11-5-3-4-6-13(11)21(24)25)12(16(18)22)8-19-20(14)9-10/h3-9H,2H2,1H3,(H2,18,22). The fourth-order valence-corrected chi connectivity index (χ4v) is 2.70. The largest absolute Gasteiger partial charge is 0.462 e. The van der Waals surface area contributed by atoms with Crippen molar-refractivity contribution in [1.29, 1.82) is 0 Å². The number of nitrogens with two attached hydrogens (primary N) is 1. The van der Waals surface area contributed by atoms with Crippen molar-refractivity contribution < 1.29 is 19.2 Å². The smallest absolute Gasteiger partial charge is 0.339 e. The lowest BCUT2D eigenvalue weighted by Gasteiger charge is -2.09. The van der Waals surface area contributed by atoms with Crippen molar-refractivity contribution in [3.8, 4) is 11.1 Å². The zero-order valence-electron chi connectivity index (χ0n) is 13.7. The van der Waals surface area contributed by atoms with E-state index in [0.29, 0.717) is 5.52 Å². The molecule has 0 radical (unpaired) electrons. The highest BCUT2D eigenvalue weighted by Crippen LogP contribution is 2.35. The molecule has 9 heteroatoms. The highest BCUT2D eigenvalue weighted by Gasteiger charge is 2.24. The number of carbonyl (C=O) groups excluding carboxylic acids is 2. The van der Waals surface area contributed by atoms with Crippen LogP contribution in [0.25, 0.3) is 16.6 Å². The summed E-state index contributed by atoms with van der Waals surface area (Å²) < 4.78 is 6.31. The Kier molecular flexibility index (Phi) is 4.36. The molecule has 3 aromatic rings. The van der Waals surface area contributed by atoms with Gasteiger partial charge in [0.2, 0.25) is 0 Å². The number of hydrogen-bond acceptors (Lipinski definition) is 6. The van der Waals surface area contributed by atoms with E-state index < -0.39 is 16.8 Å². The normalized spacial score (nSPS) is 10.7. The Labute approximate surface area is 147 Å². The molecular weight excluding hydrogens is 340 g/mol. The SMILES string of the molecule is CCOC(=O)c1cc2c(-c3ccccc3[N+](=O)[O-])c(C(N)=O)cnn2c1. The number of rotatable bonds is 5. The lowest BCUT2D eigenvalue weighted by molar-refractivity contribution is -0.384. The summed E-state index contributed by atoms with van der Waals surface area (Å²) in [6, 6.07) is 7.43. The summed E-state index contributed by atoms with van der Waals surface area (Å²) in [6.45, 7) is 1.87. The number of fused-ring (bicyclic) bond motifs is 1. The molecule has 2 aromatic heterocycles. The Morgan fingerprint density at radius 1 is 1.35 bits per heavy atom. The van der Waals surface area contributed by atoms with E-state index in [1.807, 2.05) is 0 Å². The highest BCUT2D eigenvalue weighted by molar-refractivity contribution is 6.05. The average Bonchev–Trinajstić information content (AvgIpc) is 3.05. The van der Waals surface area contributed by atoms with Crippen molar-refractivity contribution in [3.05, 3.63) is 64.0 Å². The van der Waals surface area contributed by atoms with Crippen molar-refractivity contribution in [3.63, 3.8) is 0 Å². The number of nitro groups is 1. The van der Waals surface area contributed by atoms with Crippen LogP contribution in [0.4, 0.5) is 5.69 Å². The molecule has 0 bridgehead atoms. The van der Waals surface area contributed by atoms with Crippen LogP contribution in [0.5, 0.6) is 0 Å². The van der Waals surface area contributed by atoms with Gasteiger partial charge >= 0.3 is 5.97 Å². The summed E-state index contributed by atoms with van der Waals surface area (Å²) in [5, 5.41) is 15.5. The molecule has 0 saturated carbocycles. The van der Waals surface area contributed by atoms with Gasteiger partial charge in [-0.1, -0.05) is 12.1 Å². The third kappa shape index (κ3) is 2.86. The van der Waals surface area contributed by atoms with Gasteiger partial charge in [0.05, 0.1) is 39.9 Å². The summed E-state index contributed by atoms with van der Waals surface area (Å²) in [6.07, 6.45) is 2.65. The van der Waals surface area contributed by atoms with E-state index in [4.69, 9.17) is 10.5 Å². The van der Waals surface area contributed by atoms with E-state index in [0.717, 1.165) is 0 Å². The molecule has 0 aliphatic carbocycles. The minimum Gasteiger partial charge on any atom is -0.462 e. The number of ether oxygens (including phenoxy) is 1. The maximum atomic E-state index is 12.0. The quantitative estimate of drug-likeness (QED) is 0.424. The summed E-state index contributed by atoms with van der Waals surface area (Å²) in [5.41, 5.74) is 6.23. The molecular formula is C17H14N4O5. The molecule has 0 fully saturated rings. The van der Waals surface area contributed by atoms with Gasteiger partial charge in [-0.15, -0.1) is 0 Å².